The Labute approximate surface area is 788 Å². The fourth-order valence-corrected chi connectivity index (χ4v) is 19.9. The number of benzene rings is 1. The monoisotopic (exact) mass is 1860 g/mol. The van der Waals surface area contributed by atoms with Gasteiger partial charge in [0.1, 0.15) is 66.7 Å². The summed E-state index contributed by atoms with van der Waals surface area (Å²) in [7, 11) is 0. The van der Waals surface area contributed by atoms with Crippen LogP contribution in [-0.2, 0) is 92.1 Å². The van der Waals surface area contributed by atoms with E-state index in [0.29, 0.717) is 103 Å². The number of ether oxygens (including phenoxy) is 10. The van der Waals surface area contributed by atoms with Gasteiger partial charge in [-0.15, -0.1) is 12.3 Å². The highest BCUT2D eigenvalue weighted by Gasteiger charge is 2.55. The van der Waals surface area contributed by atoms with Crippen LogP contribution >= 0.6 is 0 Å². The van der Waals surface area contributed by atoms with Crippen LogP contribution in [0.2, 0.25) is 0 Å². The van der Waals surface area contributed by atoms with Gasteiger partial charge in [0.2, 0.25) is 47.3 Å². The molecule has 16 aliphatic rings. The number of carbonyl (C=O) groups is 10. The van der Waals surface area contributed by atoms with Crippen LogP contribution in [0.1, 0.15) is 252 Å². The summed E-state index contributed by atoms with van der Waals surface area (Å²) in [6, 6.07) is 12.0. The van der Waals surface area contributed by atoms with Crippen molar-refractivity contribution in [1.82, 2.24) is 67.9 Å². The molecule has 10 N–H and O–H groups in total. The van der Waals surface area contributed by atoms with Crippen LogP contribution in [0.4, 0.5) is 0 Å². The molecule has 10 amide bonds. The Balaban J connectivity index is 0.000000128. The second-order valence-corrected chi connectivity index (χ2v) is 40.2. The van der Waals surface area contributed by atoms with Gasteiger partial charge in [0.25, 0.3) is 11.8 Å². The zero-order valence-corrected chi connectivity index (χ0v) is 78.9. The molecule has 16 fully saturated rings. The van der Waals surface area contributed by atoms with Gasteiger partial charge in [0, 0.05) is 61.5 Å². The normalized spacial score (nSPS) is 30.5. The Morgan fingerprint density at radius 1 is 0.433 bits per heavy atom. The number of nitrogens with one attached hydrogen (secondary N) is 10. The van der Waals surface area contributed by atoms with Gasteiger partial charge < -0.3 is 101 Å². The first kappa shape index (κ1) is 99.7. The molecule has 0 spiro atoms. The van der Waals surface area contributed by atoms with Crippen LogP contribution in [0.25, 0.3) is 5.69 Å². The summed E-state index contributed by atoms with van der Waals surface area (Å²) < 4.78 is 60.2. The third-order valence-electron chi connectivity index (χ3n) is 28.7. The Kier molecular flexibility index (Phi) is 36.0. The van der Waals surface area contributed by atoms with Crippen molar-refractivity contribution in [3.63, 3.8) is 0 Å². The van der Waals surface area contributed by atoms with E-state index in [9.17, 15) is 47.9 Å². The van der Waals surface area contributed by atoms with Crippen LogP contribution in [-0.4, -0.2) is 261 Å². The van der Waals surface area contributed by atoms with Crippen LogP contribution in [0.15, 0.2) is 66.5 Å². The van der Waals surface area contributed by atoms with Crippen LogP contribution < -0.4 is 53.2 Å². The number of amides is 10. The lowest BCUT2D eigenvalue weighted by atomic mass is 9.86. The highest BCUT2D eigenvalue weighted by molar-refractivity contribution is 5.95. The van der Waals surface area contributed by atoms with Crippen molar-refractivity contribution in [2.75, 3.05) is 66.1 Å². The molecular formula is C101H145N13O20. The maximum atomic E-state index is 12.9. The van der Waals surface area contributed by atoms with Gasteiger partial charge in [0.05, 0.1) is 150 Å². The third kappa shape index (κ3) is 28.0. The zero-order chi connectivity index (χ0) is 93.7. The molecule has 3 aromatic rings. The molecule has 10 saturated heterocycles. The molecule has 6 aliphatic carbocycles. The number of rotatable bonds is 37. The molecule has 2 aromatic heterocycles. The summed E-state index contributed by atoms with van der Waals surface area (Å²) in [5.74, 6) is 4.90. The maximum absolute atomic E-state index is 12.9. The lowest BCUT2D eigenvalue weighted by Crippen LogP contribution is -2.47. The smallest absolute Gasteiger partial charge is 0.270 e. The van der Waals surface area contributed by atoms with Crippen LogP contribution in [0, 0.1) is 60.7 Å². The van der Waals surface area contributed by atoms with Gasteiger partial charge in [-0.2, -0.15) is 5.10 Å². The maximum Gasteiger partial charge on any atom is 0.270 e. The first-order chi connectivity index (χ1) is 65.1. The lowest BCUT2D eigenvalue weighted by Gasteiger charge is -2.22. The SMILES string of the molecule is C#CCCCCCCCCC(=O)NC1COC2C(NC(=O)C3CC3)COC12.CC(C)=CCCC(C)CC(=O)NC1COC2C(NC(=O)C3CC3)COC12.CCCCc1ccc(C(=O)NC2COC3C(NC(=O)C4CC4)COC23)nc1.Cc1c(C(=O)NC2COC3C(NC(=O)C4CC4)COC23)cnn1-c1ccccc1.O=C(CCC1CCCCC1)NC1COC2C(NC(=O)C3CC3)COC12. The molecule has 12 heterocycles. The van der Waals surface area contributed by atoms with Crippen molar-refractivity contribution < 1.29 is 95.3 Å². The van der Waals surface area contributed by atoms with Gasteiger partial charge in [-0.3, -0.25) is 52.9 Å². The van der Waals surface area contributed by atoms with E-state index in [1.54, 1.807) is 23.1 Å². The lowest BCUT2D eigenvalue weighted by molar-refractivity contribution is -0.124. The number of aryl methyl sites for hydroxylation is 1. The van der Waals surface area contributed by atoms with E-state index >= 15 is 0 Å². The minimum absolute atomic E-state index is 0.0537. The molecule has 19 rings (SSSR count). The Hall–Kier alpha value is -8.82. The highest BCUT2D eigenvalue weighted by Crippen LogP contribution is 2.39. The molecule has 0 radical (unpaired) electrons. The first-order valence-electron chi connectivity index (χ1n) is 50.4. The molecule has 134 heavy (non-hydrogen) atoms. The minimum atomic E-state index is -0.257. The van der Waals surface area contributed by atoms with E-state index in [1.165, 1.54) is 50.5 Å². The number of terminal acetylenes is 1. The molecule has 10 aliphatic heterocycles. The molecule has 33 heteroatoms. The fraction of sp³-hybridized carbons (Fsp3) is 0.723. The quantitative estimate of drug-likeness (QED) is 0.0151. The topological polar surface area (TPSA) is 414 Å². The second-order valence-electron chi connectivity index (χ2n) is 40.2. The van der Waals surface area contributed by atoms with E-state index in [-0.39, 0.29) is 210 Å². The number of pyridine rings is 1. The second kappa shape index (κ2) is 48.5. The summed E-state index contributed by atoms with van der Waals surface area (Å²) in [4.78, 5) is 126. The molecule has 0 bridgehead atoms. The molecule has 6 saturated carbocycles. The predicted molar refractivity (Wildman–Crippen MR) is 494 cm³/mol. The number of hydrogen-bond acceptors (Lipinski definition) is 22. The van der Waals surface area contributed by atoms with Gasteiger partial charge in [-0.25, -0.2) is 4.68 Å². The fourth-order valence-electron chi connectivity index (χ4n) is 19.9. The standard InChI is InChI=1S/C21H24N4O4.C21H32N2O4.C20H27N3O4.C20H32N2O4.C19H30N2O4/c1-12-15(9-22-25(12)14-5-3-2-4-6-14)21(27)24-17-11-29-18-16(10-28-19(17)18)23-20(26)13-7-8-13;1-2-3-4-5-6-7-8-9-10-18(24)22-16-13-26-20-17(14-27-19(16)20)23-21(25)15-11-12-15;1-2-3-4-12-5-8-14(21-9-12)20(25)23-16-11-27-17-15(10-26-18(16)17)22-19(24)13-6-7-13;1-12(2)5-4-6-13(3)9-17(23)21-15-10-25-19-16(11-26-18(15)19)22-20(24)14-7-8-14;22-16(9-6-12-4-2-1-3-5-12)20-14-10-24-18-15(11-25-17(14)18)21-19(23)13-7-8-13/h2-6,9,13,16-19H,7-8,10-11H2,1H3,(H,23,26)(H,24,27);1,15-17,19-20H,3-14H2,(H,22,24)(H,23,25);5,8-9,13,15-18H,2-4,6-7,10-11H2,1H3,(H,22,24)(H,23,25);5,13-16,18-19H,4,6-11H2,1-3H3,(H,21,23)(H,22,24);12-15,17-18H,1-11H2,(H,20,22)(H,21,23). The summed E-state index contributed by atoms with van der Waals surface area (Å²) in [6.45, 7) is 14.7. The summed E-state index contributed by atoms with van der Waals surface area (Å²) >= 11 is 0. The van der Waals surface area contributed by atoms with E-state index in [1.807, 2.05) is 43.3 Å². The predicted octanol–water partition coefficient (Wildman–Crippen LogP) is 7.56. The third-order valence-corrected chi connectivity index (χ3v) is 28.7. The van der Waals surface area contributed by atoms with E-state index in [2.05, 4.69) is 103 Å². The van der Waals surface area contributed by atoms with Crippen molar-refractivity contribution in [2.45, 2.75) is 355 Å². The van der Waals surface area contributed by atoms with Crippen molar-refractivity contribution in [3.8, 4) is 18.0 Å². The number of unbranched alkanes of at least 4 members (excludes halogenated alkanes) is 7. The number of hydrogen-bond donors (Lipinski definition) is 10. The largest absolute Gasteiger partial charge is 0.371 e. The van der Waals surface area contributed by atoms with Gasteiger partial charge >= 0.3 is 0 Å². The van der Waals surface area contributed by atoms with Gasteiger partial charge in [-0.05, 0) is 166 Å². The van der Waals surface area contributed by atoms with Crippen LogP contribution in [0.5, 0.6) is 0 Å². The van der Waals surface area contributed by atoms with Crippen molar-refractivity contribution in [3.05, 3.63) is 89.0 Å². The van der Waals surface area contributed by atoms with Crippen molar-refractivity contribution in [2.24, 2.45) is 41.4 Å². The van der Waals surface area contributed by atoms with Gasteiger partial charge in [0.15, 0.2) is 0 Å². The summed E-state index contributed by atoms with van der Waals surface area (Å²) in [6.07, 6.45) is 40.7. The molecule has 21 atom stereocenters. The average Bonchev–Trinajstić information content (AvgIpc) is 1.88. The molecule has 21 unspecified atom stereocenters. The average molecular weight is 1860 g/mol. The van der Waals surface area contributed by atoms with E-state index in [4.69, 9.17) is 53.8 Å². The summed E-state index contributed by atoms with van der Waals surface area (Å²) in [5, 5.41) is 34.8. The van der Waals surface area contributed by atoms with Gasteiger partial charge in [-0.1, -0.05) is 114 Å². The minimum Gasteiger partial charge on any atom is -0.371 e. The van der Waals surface area contributed by atoms with E-state index < -0.39 is 0 Å². The Bertz CT molecular complexity index is 4500. The molecule has 734 valence electrons. The summed E-state index contributed by atoms with van der Waals surface area (Å²) in [5.41, 5.74) is 5.06. The molecule has 1 aromatic carbocycles. The van der Waals surface area contributed by atoms with Crippen molar-refractivity contribution in [1.29, 1.82) is 0 Å². The number of nitrogens with zero attached hydrogens (tertiary/aromatic N) is 3. The number of fused-ring (bicyclic) bond motifs is 5. The van der Waals surface area contributed by atoms with Crippen molar-refractivity contribution >= 4 is 59.1 Å². The molecular weight excluding hydrogens is 1720 g/mol. The zero-order valence-electron chi connectivity index (χ0n) is 78.9. The number of para-hydroxylation sites is 1. The highest BCUT2D eigenvalue weighted by atomic mass is 16.6. The Morgan fingerprint density at radius 2 is 0.806 bits per heavy atom. The molecule has 33 nitrogen and oxygen atoms in total. The van der Waals surface area contributed by atoms with E-state index in [0.717, 1.165) is 158 Å². The first-order valence-corrected chi connectivity index (χ1v) is 50.4. The number of allylic oxidation sites excluding steroid dienone is 2. The van der Waals surface area contributed by atoms with Crippen LogP contribution in [0.3, 0.4) is 0 Å². The Morgan fingerprint density at radius 3 is 1.19 bits per heavy atom. The number of carbonyl (C=O) groups excluding carboxylic acids is 10. The number of aromatic nitrogens is 3.